The number of aliphatic hydroxyl groups is 1. The van der Waals surface area contributed by atoms with Gasteiger partial charge in [0.2, 0.25) is 0 Å². The quantitative estimate of drug-likeness (QED) is 0.757. The fourth-order valence-corrected chi connectivity index (χ4v) is 1.90. The van der Waals surface area contributed by atoms with Gasteiger partial charge in [0.25, 0.3) is 0 Å². The standard InChI is InChI=1S/C10H18N2OS/c1-3-4-10(13)6-11-5-9-7-14-8(2)12-9/h7,10-11,13H,3-6H2,1-2H3. The molecule has 0 aliphatic carbocycles. The third-order valence-corrected chi connectivity index (χ3v) is 2.80. The van der Waals surface area contributed by atoms with Gasteiger partial charge in [0.1, 0.15) is 0 Å². The molecule has 1 heterocycles. The molecule has 1 aromatic heterocycles. The summed E-state index contributed by atoms with van der Waals surface area (Å²) in [4.78, 5) is 4.33. The lowest BCUT2D eigenvalue weighted by molar-refractivity contribution is 0.160. The molecule has 0 saturated carbocycles. The van der Waals surface area contributed by atoms with E-state index in [0.717, 1.165) is 30.1 Å². The molecule has 0 aliphatic heterocycles. The second kappa shape index (κ2) is 6.11. The Bertz CT molecular complexity index is 262. The molecule has 0 amide bonds. The Kier molecular flexibility index (Phi) is 5.07. The molecule has 0 fully saturated rings. The fraction of sp³-hybridized carbons (Fsp3) is 0.700. The number of aryl methyl sites for hydroxylation is 1. The predicted octanol–water partition coefficient (Wildman–Crippen LogP) is 1.70. The summed E-state index contributed by atoms with van der Waals surface area (Å²) in [7, 11) is 0. The second-order valence-corrected chi connectivity index (χ2v) is 4.49. The maximum atomic E-state index is 9.45. The topological polar surface area (TPSA) is 45.1 Å². The van der Waals surface area contributed by atoms with E-state index >= 15 is 0 Å². The Balaban J connectivity index is 2.15. The van der Waals surface area contributed by atoms with Crippen molar-refractivity contribution in [3.63, 3.8) is 0 Å². The number of hydrogen-bond donors (Lipinski definition) is 2. The van der Waals surface area contributed by atoms with E-state index in [-0.39, 0.29) is 6.10 Å². The molecule has 14 heavy (non-hydrogen) atoms. The first-order valence-electron chi connectivity index (χ1n) is 5.02. The van der Waals surface area contributed by atoms with Gasteiger partial charge in [0.05, 0.1) is 16.8 Å². The van der Waals surface area contributed by atoms with Gasteiger partial charge in [0.15, 0.2) is 0 Å². The molecule has 1 rings (SSSR count). The third-order valence-electron chi connectivity index (χ3n) is 1.97. The lowest BCUT2D eigenvalue weighted by Crippen LogP contribution is -2.26. The fourth-order valence-electron chi connectivity index (χ4n) is 1.29. The van der Waals surface area contributed by atoms with Gasteiger partial charge in [-0.1, -0.05) is 13.3 Å². The van der Waals surface area contributed by atoms with Crippen molar-refractivity contribution >= 4 is 11.3 Å². The predicted molar refractivity (Wildman–Crippen MR) is 59.5 cm³/mol. The van der Waals surface area contributed by atoms with E-state index in [2.05, 4.69) is 22.6 Å². The SMILES string of the molecule is CCCC(O)CNCc1csc(C)n1. The molecule has 1 aromatic rings. The number of hydrogen-bond acceptors (Lipinski definition) is 4. The molecule has 1 atom stereocenters. The van der Waals surface area contributed by atoms with E-state index in [0.29, 0.717) is 6.54 Å². The van der Waals surface area contributed by atoms with Crippen LogP contribution in [0.3, 0.4) is 0 Å². The zero-order valence-corrected chi connectivity index (χ0v) is 9.60. The monoisotopic (exact) mass is 214 g/mol. The lowest BCUT2D eigenvalue weighted by atomic mass is 10.2. The zero-order valence-electron chi connectivity index (χ0n) is 8.79. The van der Waals surface area contributed by atoms with Gasteiger partial charge in [-0.2, -0.15) is 0 Å². The van der Waals surface area contributed by atoms with Crippen molar-refractivity contribution in [2.45, 2.75) is 39.3 Å². The number of rotatable bonds is 6. The summed E-state index contributed by atoms with van der Waals surface area (Å²) in [6.07, 6.45) is 1.67. The van der Waals surface area contributed by atoms with E-state index in [9.17, 15) is 5.11 Å². The molecule has 0 bridgehead atoms. The first-order valence-corrected chi connectivity index (χ1v) is 5.90. The van der Waals surface area contributed by atoms with Crippen LogP contribution < -0.4 is 5.32 Å². The normalized spacial score (nSPS) is 13.1. The van der Waals surface area contributed by atoms with Crippen LogP contribution in [0.4, 0.5) is 0 Å². The smallest absolute Gasteiger partial charge is 0.0897 e. The molecular weight excluding hydrogens is 196 g/mol. The minimum atomic E-state index is -0.222. The van der Waals surface area contributed by atoms with Gasteiger partial charge in [-0.3, -0.25) is 0 Å². The van der Waals surface area contributed by atoms with Crippen molar-refractivity contribution in [1.82, 2.24) is 10.3 Å². The molecule has 0 radical (unpaired) electrons. The molecule has 0 aliphatic rings. The Labute approximate surface area is 89.2 Å². The van der Waals surface area contributed by atoms with Crippen LogP contribution in [0, 0.1) is 6.92 Å². The van der Waals surface area contributed by atoms with E-state index in [1.54, 1.807) is 11.3 Å². The largest absolute Gasteiger partial charge is 0.392 e. The van der Waals surface area contributed by atoms with Crippen LogP contribution in [0.25, 0.3) is 0 Å². The third kappa shape index (κ3) is 4.17. The van der Waals surface area contributed by atoms with Gasteiger partial charge in [-0.15, -0.1) is 11.3 Å². The van der Waals surface area contributed by atoms with Crippen molar-refractivity contribution in [2.75, 3.05) is 6.54 Å². The summed E-state index contributed by atoms with van der Waals surface area (Å²) in [5.74, 6) is 0. The first-order chi connectivity index (χ1) is 6.72. The van der Waals surface area contributed by atoms with Crippen molar-refractivity contribution in [3.05, 3.63) is 16.1 Å². The zero-order chi connectivity index (χ0) is 10.4. The highest BCUT2D eigenvalue weighted by atomic mass is 32.1. The Hall–Kier alpha value is -0.450. The number of nitrogens with one attached hydrogen (secondary N) is 1. The van der Waals surface area contributed by atoms with Crippen LogP contribution in [0.1, 0.15) is 30.5 Å². The maximum absolute atomic E-state index is 9.45. The van der Waals surface area contributed by atoms with E-state index in [4.69, 9.17) is 0 Å². The van der Waals surface area contributed by atoms with Crippen LogP contribution in [0.2, 0.25) is 0 Å². The Morgan fingerprint density at radius 1 is 1.64 bits per heavy atom. The lowest BCUT2D eigenvalue weighted by Gasteiger charge is -2.09. The van der Waals surface area contributed by atoms with Crippen LogP contribution in [-0.2, 0) is 6.54 Å². The first kappa shape index (κ1) is 11.6. The number of nitrogens with zero attached hydrogens (tertiary/aromatic N) is 1. The summed E-state index contributed by atoms with van der Waals surface area (Å²) in [5, 5.41) is 15.8. The van der Waals surface area contributed by atoms with Gasteiger partial charge in [-0.05, 0) is 13.3 Å². The molecule has 0 spiro atoms. The molecule has 0 saturated heterocycles. The molecule has 2 N–H and O–H groups in total. The molecule has 0 aromatic carbocycles. The highest BCUT2D eigenvalue weighted by Gasteiger charge is 2.02. The Morgan fingerprint density at radius 2 is 2.43 bits per heavy atom. The molecular formula is C10H18N2OS. The highest BCUT2D eigenvalue weighted by molar-refractivity contribution is 7.09. The molecule has 80 valence electrons. The van der Waals surface area contributed by atoms with Crippen LogP contribution in [-0.4, -0.2) is 22.7 Å². The summed E-state index contributed by atoms with van der Waals surface area (Å²) < 4.78 is 0. The van der Waals surface area contributed by atoms with Crippen LogP contribution in [0.15, 0.2) is 5.38 Å². The van der Waals surface area contributed by atoms with Gasteiger partial charge < -0.3 is 10.4 Å². The summed E-state index contributed by atoms with van der Waals surface area (Å²) in [6, 6.07) is 0. The molecule has 4 heteroatoms. The summed E-state index contributed by atoms with van der Waals surface area (Å²) in [5.41, 5.74) is 1.07. The van der Waals surface area contributed by atoms with Crippen molar-refractivity contribution in [2.24, 2.45) is 0 Å². The molecule has 1 unspecified atom stereocenters. The molecule has 3 nitrogen and oxygen atoms in total. The van der Waals surface area contributed by atoms with Gasteiger partial charge >= 0.3 is 0 Å². The number of thiazole rings is 1. The number of aromatic nitrogens is 1. The van der Waals surface area contributed by atoms with Crippen molar-refractivity contribution < 1.29 is 5.11 Å². The summed E-state index contributed by atoms with van der Waals surface area (Å²) >= 11 is 1.66. The number of aliphatic hydroxyl groups excluding tert-OH is 1. The van der Waals surface area contributed by atoms with E-state index < -0.39 is 0 Å². The summed E-state index contributed by atoms with van der Waals surface area (Å²) in [6.45, 7) is 5.49. The minimum Gasteiger partial charge on any atom is -0.392 e. The Morgan fingerprint density at radius 3 is 3.00 bits per heavy atom. The maximum Gasteiger partial charge on any atom is 0.0897 e. The highest BCUT2D eigenvalue weighted by Crippen LogP contribution is 2.07. The van der Waals surface area contributed by atoms with Gasteiger partial charge in [-0.25, -0.2) is 4.98 Å². The van der Waals surface area contributed by atoms with E-state index in [1.807, 2.05) is 6.92 Å². The van der Waals surface area contributed by atoms with E-state index in [1.165, 1.54) is 0 Å². The van der Waals surface area contributed by atoms with Crippen LogP contribution >= 0.6 is 11.3 Å². The van der Waals surface area contributed by atoms with Crippen molar-refractivity contribution in [3.8, 4) is 0 Å². The average molecular weight is 214 g/mol. The van der Waals surface area contributed by atoms with Gasteiger partial charge in [0, 0.05) is 18.5 Å². The van der Waals surface area contributed by atoms with Crippen molar-refractivity contribution in [1.29, 1.82) is 0 Å². The van der Waals surface area contributed by atoms with Crippen LogP contribution in [0.5, 0.6) is 0 Å². The second-order valence-electron chi connectivity index (χ2n) is 3.43. The minimum absolute atomic E-state index is 0.222. The average Bonchev–Trinajstić information content (AvgIpc) is 2.52.